The largest absolute Gasteiger partial charge is 0.503 e. The number of hydrogen-bond donors (Lipinski definition) is 5. The van der Waals surface area contributed by atoms with E-state index in [-0.39, 0.29) is 5.69 Å². The number of furan rings is 1. The van der Waals surface area contributed by atoms with Gasteiger partial charge in [0.25, 0.3) is 0 Å². The molecule has 0 saturated carbocycles. The molecule has 0 aliphatic heterocycles. The monoisotopic (exact) mass is 798 g/mol. The number of aromatic hydroxyl groups is 5. The Morgan fingerprint density at radius 3 is 1.34 bits per heavy atom. The van der Waals surface area contributed by atoms with Gasteiger partial charge < -0.3 is 34.8 Å². The van der Waals surface area contributed by atoms with Crippen LogP contribution in [0.3, 0.4) is 0 Å². The first-order valence-corrected chi connectivity index (χ1v) is 19.4. The Labute approximate surface area is 348 Å². The number of rotatable bonds is 8. The molecule has 2 aromatic heterocycles. The van der Waals surface area contributed by atoms with Crippen LogP contribution >= 0.6 is 0 Å². The molecule has 10 heteroatoms. The fourth-order valence-corrected chi connectivity index (χ4v) is 7.69. The Bertz CT molecular complexity index is 3140. The minimum Gasteiger partial charge on any atom is -0.503 e. The summed E-state index contributed by atoms with van der Waals surface area (Å²) < 4.78 is 6.64. The Morgan fingerprint density at radius 2 is 0.787 bits per heavy atom. The molecule has 0 unspecified atom stereocenters. The number of benzene rings is 8. The number of aromatic nitrogens is 3. The Kier molecular flexibility index (Phi) is 8.99. The first kappa shape index (κ1) is 36.7. The zero-order valence-electron chi connectivity index (χ0n) is 32.2. The van der Waals surface area contributed by atoms with Gasteiger partial charge in [0.1, 0.15) is 16.9 Å². The molecule has 10 rings (SSSR count). The van der Waals surface area contributed by atoms with E-state index in [1.807, 2.05) is 152 Å². The van der Waals surface area contributed by atoms with Crippen molar-refractivity contribution in [3.8, 4) is 85.2 Å². The van der Waals surface area contributed by atoms with Crippen molar-refractivity contribution >= 4 is 39.0 Å². The quantitative estimate of drug-likeness (QED) is 0.0740. The molecule has 0 atom stereocenters. The SMILES string of the molecule is Oc1c(O)c(O)c(N(c2ccc(-c3ccccc3)cc2)c2ccc(-c3ccc(-c4nc(-c5ccccc5)nc(-c5ccccc5)n4)c4oc5ccccc5c34)cc2)c(O)c1O. The zero-order chi connectivity index (χ0) is 41.6. The number of nitrogens with zero attached hydrogens (tertiary/aromatic N) is 4. The summed E-state index contributed by atoms with van der Waals surface area (Å²) in [6, 6.07) is 55.9. The number of anilines is 3. The minimum absolute atomic E-state index is 0.331. The van der Waals surface area contributed by atoms with Crippen molar-refractivity contribution in [3.63, 3.8) is 0 Å². The summed E-state index contributed by atoms with van der Waals surface area (Å²) in [4.78, 5) is 16.3. The van der Waals surface area contributed by atoms with E-state index in [2.05, 4.69) is 0 Å². The van der Waals surface area contributed by atoms with E-state index in [0.717, 1.165) is 44.2 Å². The lowest BCUT2D eigenvalue weighted by molar-refractivity contribution is 0.329. The average Bonchev–Trinajstić information content (AvgIpc) is 3.72. The third kappa shape index (κ3) is 6.45. The van der Waals surface area contributed by atoms with Crippen molar-refractivity contribution in [2.24, 2.45) is 0 Å². The normalized spacial score (nSPS) is 11.3. The second-order valence-electron chi connectivity index (χ2n) is 14.4. The Hall–Kier alpha value is -8.63. The van der Waals surface area contributed by atoms with Crippen LogP contribution in [0.2, 0.25) is 0 Å². The van der Waals surface area contributed by atoms with E-state index in [4.69, 9.17) is 19.4 Å². The molecule has 294 valence electrons. The number of phenols is 5. The summed E-state index contributed by atoms with van der Waals surface area (Å²) in [5, 5.41) is 55.6. The number of para-hydroxylation sites is 1. The van der Waals surface area contributed by atoms with Crippen molar-refractivity contribution in [1.82, 2.24) is 15.0 Å². The molecule has 10 aromatic rings. The van der Waals surface area contributed by atoms with Crippen LogP contribution in [-0.4, -0.2) is 40.5 Å². The van der Waals surface area contributed by atoms with Gasteiger partial charge in [-0.05, 0) is 58.7 Å². The van der Waals surface area contributed by atoms with Crippen LogP contribution < -0.4 is 4.90 Å². The van der Waals surface area contributed by atoms with Gasteiger partial charge in [-0.25, -0.2) is 15.0 Å². The summed E-state index contributed by atoms with van der Waals surface area (Å²) in [7, 11) is 0. The summed E-state index contributed by atoms with van der Waals surface area (Å²) in [5.74, 6) is -3.14. The van der Waals surface area contributed by atoms with Gasteiger partial charge in [-0.15, -0.1) is 0 Å². The van der Waals surface area contributed by atoms with Gasteiger partial charge in [0, 0.05) is 33.3 Å². The van der Waals surface area contributed by atoms with Gasteiger partial charge in [0.05, 0.1) is 5.56 Å². The van der Waals surface area contributed by atoms with E-state index in [1.54, 1.807) is 24.3 Å². The summed E-state index contributed by atoms with van der Waals surface area (Å²) >= 11 is 0. The molecule has 61 heavy (non-hydrogen) atoms. The lowest BCUT2D eigenvalue weighted by atomic mass is 9.96. The van der Waals surface area contributed by atoms with Crippen molar-refractivity contribution in [2.45, 2.75) is 0 Å². The number of hydrogen-bond acceptors (Lipinski definition) is 10. The summed E-state index contributed by atoms with van der Waals surface area (Å²) in [5.41, 5.74) is 7.88. The molecule has 0 fully saturated rings. The average molecular weight is 799 g/mol. The van der Waals surface area contributed by atoms with Gasteiger partial charge in [0.15, 0.2) is 29.0 Å². The molecule has 0 saturated heterocycles. The van der Waals surface area contributed by atoms with Crippen molar-refractivity contribution < 1.29 is 29.9 Å². The molecule has 0 radical (unpaired) electrons. The predicted octanol–water partition coefficient (Wildman–Crippen LogP) is 12.1. The molecule has 0 spiro atoms. The van der Waals surface area contributed by atoms with E-state index in [0.29, 0.717) is 45.6 Å². The molecule has 10 nitrogen and oxygen atoms in total. The summed E-state index contributed by atoms with van der Waals surface area (Å²) in [6.07, 6.45) is 0. The Morgan fingerprint density at radius 1 is 0.361 bits per heavy atom. The second kappa shape index (κ2) is 14.9. The van der Waals surface area contributed by atoms with Crippen LogP contribution in [0, 0.1) is 0 Å². The lowest BCUT2D eigenvalue weighted by Gasteiger charge is -2.28. The fraction of sp³-hybridized carbons (Fsp3) is 0. The minimum atomic E-state index is -1.04. The summed E-state index contributed by atoms with van der Waals surface area (Å²) in [6.45, 7) is 0. The van der Waals surface area contributed by atoms with Crippen molar-refractivity contribution in [2.75, 3.05) is 4.90 Å². The maximum Gasteiger partial charge on any atom is 0.208 e. The third-order valence-electron chi connectivity index (χ3n) is 10.7. The maximum absolute atomic E-state index is 11.2. The molecule has 8 aromatic carbocycles. The van der Waals surface area contributed by atoms with E-state index < -0.39 is 28.7 Å². The number of fused-ring (bicyclic) bond motifs is 3. The molecule has 0 amide bonds. The predicted molar refractivity (Wildman–Crippen MR) is 237 cm³/mol. The lowest BCUT2D eigenvalue weighted by Crippen LogP contribution is -2.10. The molecule has 2 heterocycles. The highest BCUT2D eigenvalue weighted by atomic mass is 16.4. The molecular weight excluding hydrogens is 765 g/mol. The Balaban J connectivity index is 1.12. The maximum atomic E-state index is 11.2. The molecule has 0 bridgehead atoms. The zero-order valence-corrected chi connectivity index (χ0v) is 32.2. The van der Waals surface area contributed by atoms with E-state index >= 15 is 0 Å². The smallest absolute Gasteiger partial charge is 0.208 e. The van der Waals surface area contributed by atoms with Crippen LogP contribution in [0.1, 0.15) is 0 Å². The van der Waals surface area contributed by atoms with Crippen LogP contribution in [0.15, 0.2) is 180 Å². The van der Waals surface area contributed by atoms with Gasteiger partial charge in [-0.2, -0.15) is 0 Å². The standard InChI is InChI=1S/C51H34N4O6/c56-43-42(44(57)46(59)47(60)45(43)58)55(35-24-20-31(21-25-35)30-12-4-1-5-13-30)36-26-22-32(23-27-36)37-28-29-39(48-41(37)38-18-10-11-19-40(38)61-48)51-53-49(33-14-6-2-7-15-33)52-50(54-51)34-16-8-3-9-17-34/h1-29,56-60H. The highest BCUT2D eigenvalue weighted by molar-refractivity contribution is 6.16. The number of phenolic OH excluding ortho intramolecular Hbond substituents is 5. The van der Waals surface area contributed by atoms with Gasteiger partial charge in [-0.3, -0.25) is 0 Å². The second-order valence-corrected chi connectivity index (χ2v) is 14.4. The first-order chi connectivity index (χ1) is 29.8. The highest BCUT2D eigenvalue weighted by Crippen LogP contribution is 2.58. The third-order valence-corrected chi connectivity index (χ3v) is 10.7. The van der Waals surface area contributed by atoms with Crippen LogP contribution in [-0.2, 0) is 0 Å². The van der Waals surface area contributed by atoms with Crippen LogP contribution in [0.25, 0.3) is 78.4 Å². The van der Waals surface area contributed by atoms with Crippen molar-refractivity contribution in [1.29, 1.82) is 0 Å². The van der Waals surface area contributed by atoms with Gasteiger partial charge in [0.2, 0.25) is 17.2 Å². The molecule has 5 N–H and O–H groups in total. The molecule has 0 aliphatic carbocycles. The highest BCUT2D eigenvalue weighted by Gasteiger charge is 2.29. The molecular formula is C51H34N4O6. The fourth-order valence-electron chi connectivity index (χ4n) is 7.69. The van der Waals surface area contributed by atoms with E-state index in [9.17, 15) is 25.5 Å². The topological polar surface area (TPSA) is 156 Å². The van der Waals surface area contributed by atoms with Crippen molar-refractivity contribution in [3.05, 3.63) is 176 Å². The van der Waals surface area contributed by atoms with E-state index in [1.165, 1.54) is 4.90 Å². The van der Waals surface area contributed by atoms with Gasteiger partial charge in [-0.1, -0.05) is 140 Å². The first-order valence-electron chi connectivity index (χ1n) is 19.4. The molecule has 0 aliphatic rings. The van der Waals surface area contributed by atoms with Crippen LogP contribution in [0.4, 0.5) is 17.1 Å². The van der Waals surface area contributed by atoms with Crippen LogP contribution in [0.5, 0.6) is 28.7 Å². The van der Waals surface area contributed by atoms with Gasteiger partial charge >= 0.3 is 0 Å².